The summed E-state index contributed by atoms with van der Waals surface area (Å²) in [5, 5.41) is 3.29. The Morgan fingerprint density at radius 3 is 2.53 bits per heavy atom. The third-order valence-corrected chi connectivity index (χ3v) is 3.29. The van der Waals surface area contributed by atoms with Crippen LogP contribution in [0.5, 0.6) is 0 Å². The van der Waals surface area contributed by atoms with Crippen molar-refractivity contribution < 1.29 is 9.18 Å². The molecule has 2 nitrogen and oxygen atoms in total. The molecule has 0 spiro atoms. The lowest BCUT2D eigenvalue weighted by Crippen LogP contribution is -2.29. The van der Waals surface area contributed by atoms with Gasteiger partial charge in [-0.1, -0.05) is 12.1 Å². The van der Waals surface area contributed by atoms with Crippen molar-refractivity contribution in [3.8, 4) is 0 Å². The summed E-state index contributed by atoms with van der Waals surface area (Å²) in [5.74, 6) is 0.548. The summed E-state index contributed by atoms with van der Waals surface area (Å²) in [6, 6.07) is 6.20. The highest BCUT2D eigenvalue weighted by molar-refractivity contribution is 5.81. The van der Waals surface area contributed by atoms with Gasteiger partial charge in [-0.15, -0.1) is 0 Å². The smallest absolute Gasteiger partial charge is 0.137 e. The van der Waals surface area contributed by atoms with E-state index < -0.39 is 0 Å². The highest BCUT2D eigenvalue weighted by Crippen LogP contribution is 2.17. The van der Waals surface area contributed by atoms with Crippen molar-refractivity contribution >= 4 is 5.78 Å². The van der Waals surface area contributed by atoms with Gasteiger partial charge in [0.2, 0.25) is 0 Å². The van der Waals surface area contributed by atoms with Crippen LogP contribution < -0.4 is 5.32 Å². The van der Waals surface area contributed by atoms with E-state index in [0.29, 0.717) is 18.8 Å². The number of hydrogen-bond acceptors (Lipinski definition) is 2. The Kier molecular flexibility index (Phi) is 4.26. The molecule has 0 aliphatic carbocycles. The fraction of sp³-hybridized carbons (Fsp3) is 0.500. The minimum atomic E-state index is -0.250. The topological polar surface area (TPSA) is 29.1 Å². The van der Waals surface area contributed by atoms with Gasteiger partial charge in [0.05, 0.1) is 0 Å². The first kappa shape index (κ1) is 12.2. The first-order chi connectivity index (χ1) is 8.24. The van der Waals surface area contributed by atoms with Gasteiger partial charge < -0.3 is 5.32 Å². The van der Waals surface area contributed by atoms with Gasteiger partial charge in [-0.05, 0) is 49.5 Å². The number of benzene rings is 1. The summed E-state index contributed by atoms with van der Waals surface area (Å²) < 4.78 is 12.7. The third kappa shape index (κ3) is 3.93. The van der Waals surface area contributed by atoms with Crippen molar-refractivity contribution in [2.75, 3.05) is 13.1 Å². The van der Waals surface area contributed by atoms with E-state index in [-0.39, 0.29) is 11.6 Å². The molecule has 0 unspecified atom stereocenters. The second-order valence-corrected chi connectivity index (χ2v) is 4.74. The molecule has 1 aliphatic heterocycles. The molecule has 92 valence electrons. The van der Waals surface area contributed by atoms with E-state index in [0.717, 1.165) is 31.5 Å². The molecule has 0 atom stereocenters. The Morgan fingerprint density at radius 1 is 1.24 bits per heavy atom. The van der Waals surface area contributed by atoms with Gasteiger partial charge >= 0.3 is 0 Å². The zero-order chi connectivity index (χ0) is 12.1. The van der Waals surface area contributed by atoms with Crippen molar-refractivity contribution in [1.82, 2.24) is 5.32 Å². The molecule has 1 aromatic carbocycles. The Balaban J connectivity index is 1.82. The normalized spacial score (nSPS) is 17.0. The number of nitrogens with one attached hydrogen (secondary N) is 1. The van der Waals surface area contributed by atoms with Crippen molar-refractivity contribution in [3.63, 3.8) is 0 Å². The van der Waals surface area contributed by atoms with Crippen molar-refractivity contribution in [2.45, 2.75) is 25.7 Å². The summed E-state index contributed by atoms with van der Waals surface area (Å²) >= 11 is 0. The fourth-order valence-electron chi connectivity index (χ4n) is 2.31. The van der Waals surface area contributed by atoms with Gasteiger partial charge in [-0.3, -0.25) is 4.79 Å². The second-order valence-electron chi connectivity index (χ2n) is 4.74. The Morgan fingerprint density at radius 2 is 1.88 bits per heavy atom. The monoisotopic (exact) mass is 235 g/mol. The number of hydrogen-bond donors (Lipinski definition) is 1. The van der Waals surface area contributed by atoms with E-state index >= 15 is 0 Å². The minimum Gasteiger partial charge on any atom is -0.317 e. The third-order valence-electron chi connectivity index (χ3n) is 3.29. The van der Waals surface area contributed by atoms with E-state index in [1.54, 1.807) is 12.1 Å². The van der Waals surface area contributed by atoms with E-state index in [2.05, 4.69) is 5.32 Å². The summed E-state index contributed by atoms with van der Waals surface area (Å²) in [4.78, 5) is 11.9. The molecule has 0 bridgehead atoms. The van der Waals surface area contributed by atoms with E-state index in [9.17, 15) is 9.18 Å². The molecular formula is C14H18FNO. The van der Waals surface area contributed by atoms with E-state index in [1.807, 2.05) is 0 Å². The van der Waals surface area contributed by atoms with Gasteiger partial charge in [-0.25, -0.2) is 4.39 Å². The molecule has 1 saturated heterocycles. The zero-order valence-corrected chi connectivity index (χ0v) is 9.92. The second kappa shape index (κ2) is 5.92. The Hall–Kier alpha value is -1.22. The van der Waals surface area contributed by atoms with Crippen LogP contribution in [0.25, 0.3) is 0 Å². The van der Waals surface area contributed by atoms with Crippen LogP contribution in [0.1, 0.15) is 24.8 Å². The number of ketones is 1. The molecule has 1 heterocycles. The molecule has 0 saturated carbocycles. The van der Waals surface area contributed by atoms with Gasteiger partial charge in [-0.2, -0.15) is 0 Å². The maximum absolute atomic E-state index is 12.7. The van der Waals surface area contributed by atoms with Crippen molar-refractivity contribution in [3.05, 3.63) is 35.6 Å². The number of rotatable bonds is 4. The van der Waals surface area contributed by atoms with Crippen LogP contribution in [0.4, 0.5) is 4.39 Å². The number of carbonyl (C=O) groups is 1. The van der Waals surface area contributed by atoms with Crippen LogP contribution in [0.3, 0.4) is 0 Å². The predicted molar refractivity (Wildman–Crippen MR) is 65.3 cm³/mol. The molecule has 0 amide bonds. The van der Waals surface area contributed by atoms with Gasteiger partial charge in [0.25, 0.3) is 0 Å². The zero-order valence-electron chi connectivity index (χ0n) is 9.92. The van der Waals surface area contributed by atoms with Crippen LogP contribution in [-0.2, 0) is 11.2 Å². The van der Waals surface area contributed by atoms with Crippen molar-refractivity contribution in [2.24, 2.45) is 5.92 Å². The SMILES string of the molecule is O=C(Cc1ccc(F)cc1)CC1CCNCC1. The highest BCUT2D eigenvalue weighted by Gasteiger charge is 2.16. The number of halogens is 1. The maximum atomic E-state index is 12.7. The average molecular weight is 235 g/mol. The first-order valence-electron chi connectivity index (χ1n) is 6.21. The molecule has 2 rings (SSSR count). The fourth-order valence-corrected chi connectivity index (χ4v) is 2.31. The predicted octanol–water partition coefficient (Wildman–Crippen LogP) is 2.33. The lowest BCUT2D eigenvalue weighted by molar-refractivity contribution is -0.119. The molecule has 0 aromatic heterocycles. The van der Waals surface area contributed by atoms with Crippen LogP contribution in [0.15, 0.2) is 24.3 Å². The van der Waals surface area contributed by atoms with Gasteiger partial charge in [0, 0.05) is 12.8 Å². The molecule has 0 radical (unpaired) electrons. The van der Waals surface area contributed by atoms with Crippen LogP contribution in [-0.4, -0.2) is 18.9 Å². The lowest BCUT2D eigenvalue weighted by Gasteiger charge is -2.21. The summed E-state index contributed by atoms with van der Waals surface area (Å²) in [6.45, 7) is 2.04. The van der Waals surface area contributed by atoms with E-state index in [1.165, 1.54) is 12.1 Å². The molecule has 17 heavy (non-hydrogen) atoms. The number of carbonyl (C=O) groups excluding carboxylic acids is 1. The van der Waals surface area contributed by atoms with Crippen LogP contribution in [0.2, 0.25) is 0 Å². The molecule has 1 aromatic rings. The molecule has 1 N–H and O–H groups in total. The molecular weight excluding hydrogens is 217 g/mol. The lowest BCUT2D eigenvalue weighted by atomic mass is 9.91. The van der Waals surface area contributed by atoms with Crippen molar-refractivity contribution in [1.29, 1.82) is 0 Å². The summed E-state index contributed by atoms with van der Waals surface area (Å²) in [7, 11) is 0. The highest BCUT2D eigenvalue weighted by atomic mass is 19.1. The molecule has 3 heteroatoms. The number of piperidine rings is 1. The maximum Gasteiger partial charge on any atom is 0.137 e. The average Bonchev–Trinajstić information content (AvgIpc) is 2.33. The van der Waals surface area contributed by atoms with Crippen LogP contribution in [0, 0.1) is 11.7 Å². The first-order valence-corrected chi connectivity index (χ1v) is 6.21. The standard InChI is InChI=1S/C14H18FNO/c15-13-3-1-11(2-4-13)9-14(17)10-12-5-7-16-8-6-12/h1-4,12,16H,5-10H2. The number of Topliss-reactive ketones (excluding diaryl/α,β-unsaturated/α-hetero) is 1. The minimum absolute atomic E-state index is 0.250. The summed E-state index contributed by atoms with van der Waals surface area (Å²) in [5.41, 5.74) is 0.908. The Bertz CT molecular complexity index is 368. The van der Waals surface area contributed by atoms with Crippen LogP contribution >= 0.6 is 0 Å². The molecule has 1 aliphatic rings. The van der Waals surface area contributed by atoms with Gasteiger partial charge in [0.15, 0.2) is 0 Å². The van der Waals surface area contributed by atoms with Gasteiger partial charge in [0.1, 0.15) is 11.6 Å². The quantitative estimate of drug-likeness (QED) is 0.867. The largest absolute Gasteiger partial charge is 0.317 e. The Labute approximate surface area is 101 Å². The molecule has 1 fully saturated rings. The summed E-state index contributed by atoms with van der Waals surface area (Å²) in [6.07, 6.45) is 3.29. The van der Waals surface area contributed by atoms with E-state index in [4.69, 9.17) is 0 Å².